The first-order valence-corrected chi connectivity index (χ1v) is 10.0. The standard InChI is InChI=1S/C22H25NO4S/c1-6-23(7-2)22(24)20-19-17(27-5)12-16(26-4)13-18(19)28-21(20)14-8-10-15(25-3)11-9-14/h8-13H,6-7H2,1-5H3. The molecule has 0 N–H and O–H groups in total. The monoisotopic (exact) mass is 399 g/mol. The molecule has 0 atom stereocenters. The van der Waals surface area contributed by atoms with Gasteiger partial charge in [0.25, 0.3) is 5.91 Å². The molecule has 2 aromatic carbocycles. The van der Waals surface area contributed by atoms with Crippen LogP contribution in [0.3, 0.4) is 0 Å². The fourth-order valence-corrected chi connectivity index (χ4v) is 4.51. The van der Waals surface area contributed by atoms with Gasteiger partial charge < -0.3 is 19.1 Å². The van der Waals surface area contributed by atoms with Crippen LogP contribution in [0.4, 0.5) is 0 Å². The first-order valence-electron chi connectivity index (χ1n) is 9.20. The van der Waals surface area contributed by atoms with Gasteiger partial charge in [0.2, 0.25) is 0 Å². The van der Waals surface area contributed by atoms with E-state index in [1.807, 2.05) is 55.1 Å². The minimum absolute atomic E-state index is 0.00512. The summed E-state index contributed by atoms with van der Waals surface area (Å²) >= 11 is 1.57. The molecular weight excluding hydrogens is 374 g/mol. The molecule has 1 amide bonds. The molecule has 28 heavy (non-hydrogen) atoms. The molecule has 0 aliphatic carbocycles. The summed E-state index contributed by atoms with van der Waals surface area (Å²) in [6.45, 7) is 5.27. The normalized spacial score (nSPS) is 10.8. The molecule has 1 heterocycles. The summed E-state index contributed by atoms with van der Waals surface area (Å²) in [6, 6.07) is 11.5. The average Bonchev–Trinajstić information content (AvgIpc) is 3.13. The Morgan fingerprint density at radius 3 is 2.11 bits per heavy atom. The van der Waals surface area contributed by atoms with E-state index in [0.29, 0.717) is 30.2 Å². The van der Waals surface area contributed by atoms with Crippen molar-refractivity contribution in [3.8, 4) is 27.7 Å². The minimum Gasteiger partial charge on any atom is -0.497 e. The summed E-state index contributed by atoms with van der Waals surface area (Å²) in [5.74, 6) is 2.13. The summed E-state index contributed by atoms with van der Waals surface area (Å²) < 4.78 is 17.3. The van der Waals surface area contributed by atoms with E-state index in [0.717, 1.165) is 26.3 Å². The Bertz CT molecular complexity index is 974. The van der Waals surface area contributed by atoms with Gasteiger partial charge in [-0.3, -0.25) is 4.79 Å². The van der Waals surface area contributed by atoms with Gasteiger partial charge in [0.1, 0.15) is 17.2 Å². The van der Waals surface area contributed by atoms with Crippen molar-refractivity contribution in [2.75, 3.05) is 34.4 Å². The smallest absolute Gasteiger partial charge is 0.256 e. The highest BCUT2D eigenvalue weighted by Gasteiger charge is 2.26. The number of benzene rings is 2. The van der Waals surface area contributed by atoms with Crippen LogP contribution in [0, 0.1) is 0 Å². The predicted molar refractivity (Wildman–Crippen MR) is 114 cm³/mol. The molecule has 0 saturated carbocycles. The molecule has 148 valence electrons. The quantitative estimate of drug-likeness (QED) is 0.556. The molecule has 0 aliphatic rings. The van der Waals surface area contributed by atoms with Gasteiger partial charge in [-0.05, 0) is 49.7 Å². The van der Waals surface area contributed by atoms with Crippen LogP contribution in [0.2, 0.25) is 0 Å². The molecular formula is C22H25NO4S. The number of hydrogen-bond donors (Lipinski definition) is 0. The maximum Gasteiger partial charge on any atom is 0.256 e. The van der Waals surface area contributed by atoms with E-state index in [-0.39, 0.29) is 5.91 Å². The fraction of sp³-hybridized carbons (Fsp3) is 0.318. The van der Waals surface area contributed by atoms with Crippen LogP contribution < -0.4 is 14.2 Å². The Hall–Kier alpha value is -2.73. The third-order valence-electron chi connectivity index (χ3n) is 4.80. The first kappa shape index (κ1) is 20.0. The van der Waals surface area contributed by atoms with Gasteiger partial charge in [-0.15, -0.1) is 11.3 Å². The van der Waals surface area contributed by atoms with Crippen molar-refractivity contribution in [3.63, 3.8) is 0 Å². The number of carbonyl (C=O) groups is 1. The molecule has 0 aliphatic heterocycles. The number of hydrogen-bond acceptors (Lipinski definition) is 5. The average molecular weight is 400 g/mol. The van der Waals surface area contributed by atoms with Crippen LogP contribution in [-0.2, 0) is 0 Å². The van der Waals surface area contributed by atoms with Crippen LogP contribution in [0.25, 0.3) is 20.5 Å². The topological polar surface area (TPSA) is 48.0 Å². The molecule has 0 bridgehead atoms. The highest BCUT2D eigenvalue weighted by Crippen LogP contribution is 2.45. The van der Waals surface area contributed by atoms with Crippen molar-refractivity contribution >= 4 is 27.3 Å². The lowest BCUT2D eigenvalue weighted by molar-refractivity contribution is 0.0776. The van der Waals surface area contributed by atoms with Crippen LogP contribution in [0.1, 0.15) is 24.2 Å². The van der Waals surface area contributed by atoms with E-state index in [1.54, 1.807) is 32.7 Å². The Morgan fingerprint density at radius 2 is 1.57 bits per heavy atom. The number of amides is 1. The molecule has 0 unspecified atom stereocenters. The Kier molecular flexibility index (Phi) is 6.09. The van der Waals surface area contributed by atoms with Gasteiger partial charge in [-0.2, -0.15) is 0 Å². The van der Waals surface area contributed by atoms with Gasteiger partial charge in [0, 0.05) is 34.1 Å². The zero-order valence-electron chi connectivity index (χ0n) is 16.9. The van der Waals surface area contributed by atoms with Crippen molar-refractivity contribution in [2.24, 2.45) is 0 Å². The summed E-state index contributed by atoms with van der Waals surface area (Å²) in [4.78, 5) is 16.2. The van der Waals surface area contributed by atoms with E-state index < -0.39 is 0 Å². The van der Waals surface area contributed by atoms with Gasteiger partial charge in [0.05, 0.1) is 26.9 Å². The molecule has 0 saturated heterocycles. The molecule has 0 radical (unpaired) electrons. The number of methoxy groups -OCH3 is 3. The van der Waals surface area contributed by atoms with Crippen LogP contribution >= 0.6 is 11.3 Å². The second kappa shape index (κ2) is 8.52. The lowest BCUT2D eigenvalue weighted by Crippen LogP contribution is -2.30. The third-order valence-corrected chi connectivity index (χ3v) is 5.99. The largest absolute Gasteiger partial charge is 0.497 e. The highest BCUT2D eigenvalue weighted by molar-refractivity contribution is 7.22. The van der Waals surface area contributed by atoms with Crippen molar-refractivity contribution in [1.29, 1.82) is 0 Å². The molecule has 5 nitrogen and oxygen atoms in total. The second-order valence-corrected chi connectivity index (χ2v) is 7.27. The van der Waals surface area contributed by atoms with E-state index >= 15 is 0 Å². The second-order valence-electron chi connectivity index (χ2n) is 6.21. The zero-order chi connectivity index (χ0) is 20.3. The van der Waals surface area contributed by atoms with Crippen LogP contribution in [0.15, 0.2) is 36.4 Å². The lowest BCUT2D eigenvalue weighted by atomic mass is 10.0. The predicted octanol–water partition coefficient (Wildman–Crippen LogP) is 5.08. The van der Waals surface area contributed by atoms with E-state index in [4.69, 9.17) is 14.2 Å². The molecule has 3 rings (SSSR count). The van der Waals surface area contributed by atoms with Gasteiger partial charge in [-0.25, -0.2) is 0 Å². The third kappa shape index (κ3) is 3.52. The lowest BCUT2D eigenvalue weighted by Gasteiger charge is -2.20. The van der Waals surface area contributed by atoms with Crippen molar-refractivity contribution in [2.45, 2.75) is 13.8 Å². The molecule has 0 spiro atoms. The van der Waals surface area contributed by atoms with Crippen LogP contribution in [0.5, 0.6) is 17.2 Å². The maximum absolute atomic E-state index is 13.4. The Labute approximate surface area is 169 Å². The summed E-state index contributed by atoms with van der Waals surface area (Å²) in [7, 11) is 4.88. The van der Waals surface area contributed by atoms with E-state index in [2.05, 4.69) is 0 Å². The Balaban J connectivity index is 2.31. The molecule has 3 aromatic rings. The van der Waals surface area contributed by atoms with Crippen LogP contribution in [-0.4, -0.2) is 45.2 Å². The highest BCUT2D eigenvalue weighted by atomic mass is 32.1. The van der Waals surface area contributed by atoms with Gasteiger partial charge >= 0.3 is 0 Å². The fourth-order valence-electron chi connectivity index (χ4n) is 3.26. The summed E-state index contributed by atoms with van der Waals surface area (Å²) in [6.07, 6.45) is 0. The zero-order valence-corrected chi connectivity index (χ0v) is 17.7. The maximum atomic E-state index is 13.4. The summed E-state index contributed by atoms with van der Waals surface area (Å²) in [5.41, 5.74) is 1.65. The van der Waals surface area contributed by atoms with E-state index in [9.17, 15) is 4.79 Å². The number of carbonyl (C=O) groups excluding carboxylic acids is 1. The first-order chi connectivity index (χ1) is 13.6. The molecule has 0 fully saturated rings. The number of ether oxygens (including phenoxy) is 3. The number of thiophene rings is 1. The van der Waals surface area contributed by atoms with Crippen molar-refractivity contribution in [3.05, 3.63) is 42.0 Å². The van der Waals surface area contributed by atoms with Crippen molar-refractivity contribution < 1.29 is 19.0 Å². The number of fused-ring (bicyclic) bond motifs is 1. The van der Waals surface area contributed by atoms with Gasteiger partial charge in [0.15, 0.2) is 0 Å². The number of nitrogens with zero attached hydrogens (tertiary/aromatic N) is 1. The minimum atomic E-state index is 0.00512. The molecule has 1 aromatic heterocycles. The van der Waals surface area contributed by atoms with Gasteiger partial charge in [-0.1, -0.05) is 0 Å². The number of rotatable bonds is 7. The van der Waals surface area contributed by atoms with Crippen molar-refractivity contribution in [1.82, 2.24) is 4.90 Å². The van der Waals surface area contributed by atoms with E-state index in [1.165, 1.54) is 0 Å². The summed E-state index contributed by atoms with van der Waals surface area (Å²) in [5, 5.41) is 0.830. The SMILES string of the molecule is CCN(CC)C(=O)c1c(-c2ccc(OC)cc2)sc2cc(OC)cc(OC)c12. The molecule has 6 heteroatoms. The Morgan fingerprint density at radius 1 is 0.929 bits per heavy atom.